The molecule has 1 saturated heterocycles. The van der Waals surface area contributed by atoms with Crippen LogP contribution in [0.15, 0.2) is 42.5 Å². The van der Waals surface area contributed by atoms with E-state index >= 15 is 0 Å². The van der Waals surface area contributed by atoms with Gasteiger partial charge in [-0.15, -0.1) is 0 Å². The Morgan fingerprint density at radius 1 is 1.00 bits per heavy atom. The van der Waals surface area contributed by atoms with Gasteiger partial charge in [-0.1, -0.05) is 17.7 Å². The van der Waals surface area contributed by atoms with Crippen LogP contribution in [0, 0.1) is 0 Å². The highest BCUT2D eigenvalue weighted by molar-refractivity contribution is 6.30. The van der Waals surface area contributed by atoms with E-state index in [9.17, 15) is 4.79 Å². The zero-order valence-electron chi connectivity index (χ0n) is 16.9. The van der Waals surface area contributed by atoms with Crippen molar-refractivity contribution in [2.45, 2.75) is 13.5 Å². The molecule has 0 aliphatic carbocycles. The number of piperazine rings is 1. The molecule has 1 amide bonds. The van der Waals surface area contributed by atoms with Crippen molar-refractivity contribution >= 4 is 17.5 Å². The normalized spacial score (nSPS) is 14.5. The van der Waals surface area contributed by atoms with Crippen molar-refractivity contribution in [1.82, 2.24) is 9.80 Å². The summed E-state index contributed by atoms with van der Waals surface area (Å²) in [6, 6.07) is 13.0. The number of carbonyl (C=O) groups is 1. The molecule has 2 aromatic rings. The molecule has 2 aromatic carbocycles. The molecule has 3 rings (SSSR count). The molecule has 0 saturated carbocycles. The molecule has 156 valence electrons. The first-order valence-electron chi connectivity index (χ1n) is 9.77. The minimum absolute atomic E-state index is 0.00248. The van der Waals surface area contributed by atoms with Crippen LogP contribution in [0.25, 0.3) is 0 Å². The zero-order chi connectivity index (χ0) is 20.6. The fraction of sp³-hybridized carbons (Fsp3) is 0.409. The molecule has 0 N–H and O–H groups in total. The van der Waals surface area contributed by atoms with Crippen molar-refractivity contribution in [3.05, 3.63) is 53.1 Å². The van der Waals surface area contributed by atoms with Crippen LogP contribution in [0.1, 0.15) is 12.5 Å². The van der Waals surface area contributed by atoms with E-state index < -0.39 is 0 Å². The van der Waals surface area contributed by atoms with Crippen LogP contribution in [0.3, 0.4) is 0 Å². The SMILES string of the molecule is CCOc1cc(CN2CCN(C(=O)COc3ccc(Cl)cc3)CC2)ccc1OC. The lowest BCUT2D eigenvalue weighted by Crippen LogP contribution is -2.49. The minimum atomic E-state index is 0.00248. The number of rotatable bonds is 8. The molecule has 29 heavy (non-hydrogen) atoms. The van der Waals surface area contributed by atoms with Gasteiger partial charge in [0.05, 0.1) is 13.7 Å². The van der Waals surface area contributed by atoms with Crippen molar-refractivity contribution in [3.63, 3.8) is 0 Å². The Morgan fingerprint density at radius 2 is 1.72 bits per heavy atom. The molecule has 0 aromatic heterocycles. The summed E-state index contributed by atoms with van der Waals surface area (Å²) in [4.78, 5) is 16.6. The Hall–Kier alpha value is -2.44. The summed E-state index contributed by atoms with van der Waals surface area (Å²) in [6.07, 6.45) is 0. The Morgan fingerprint density at radius 3 is 2.38 bits per heavy atom. The first-order chi connectivity index (χ1) is 14.1. The average Bonchev–Trinajstić information content (AvgIpc) is 2.74. The molecule has 1 heterocycles. The first kappa shape index (κ1) is 21.3. The van der Waals surface area contributed by atoms with Gasteiger partial charge in [0.15, 0.2) is 18.1 Å². The smallest absolute Gasteiger partial charge is 0.260 e. The Kier molecular flexibility index (Phi) is 7.61. The molecule has 7 heteroatoms. The summed E-state index contributed by atoms with van der Waals surface area (Å²) in [5, 5.41) is 0.644. The summed E-state index contributed by atoms with van der Waals surface area (Å²) < 4.78 is 16.6. The van der Waals surface area contributed by atoms with E-state index in [0.717, 1.165) is 31.1 Å². The molecule has 0 unspecified atom stereocenters. The van der Waals surface area contributed by atoms with Crippen LogP contribution >= 0.6 is 11.6 Å². The number of carbonyl (C=O) groups excluding carboxylic acids is 1. The minimum Gasteiger partial charge on any atom is -0.493 e. The molecule has 0 bridgehead atoms. The van der Waals surface area contributed by atoms with Gasteiger partial charge < -0.3 is 19.1 Å². The van der Waals surface area contributed by atoms with E-state index in [0.29, 0.717) is 30.5 Å². The van der Waals surface area contributed by atoms with Crippen LogP contribution < -0.4 is 14.2 Å². The number of nitrogens with zero attached hydrogens (tertiary/aromatic N) is 2. The lowest BCUT2D eigenvalue weighted by molar-refractivity contribution is -0.135. The Labute approximate surface area is 176 Å². The van der Waals surface area contributed by atoms with Gasteiger partial charge in [0.2, 0.25) is 0 Å². The van der Waals surface area contributed by atoms with Crippen molar-refractivity contribution in [1.29, 1.82) is 0 Å². The molecular formula is C22H27ClN2O4. The van der Waals surface area contributed by atoms with Gasteiger partial charge in [0.1, 0.15) is 5.75 Å². The highest BCUT2D eigenvalue weighted by Gasteiger charge is 2.21. The predicted octanol–water partition coefficient (Wildman–Crippen LogP) is 3.47. The number of hydrogen-bond donors (Lipinski definition) is 0. The third-order valence-corrected chi connectivity index (χ3v) is 5.09. The fourth-order valence-corrected chi connectivity index (χ4v) is 3.39. The second-order valence-corrected chi connectivity index (χ2v) is 7.25. The molecule has 6 nitrogen and oxygen atoms in total. The Balaban J connectivity index is 1.47. The maximum absolute atomic E-state index is 12.4. The largest absolute Gasteiger partial charge is 0.493 e. The number of methoxy groups -OCH3 is 1. The van der Waals surface area contributed by atoms with Crippen LogP contribution in [0.2, 0.25) is 5.02 Å². The monoisotopic (exact) mass is 418 g/mol. The standard InChI is InChI=1S/C22H27ClN2O4/c1-3-28-21-14-17(4-9-20(21)27-2)15-24-10-12-25(13-11-24)22(26)16-29-19-7-5-18(23)6-8-19/h4-9,14H,3,10-13,15-16H2,1-2H3. The van der Waals surface area contributed by atoms with Gasteiger partial charge in [-0.2, -0.15) is 0 Å². The average molecular weight is 419 g/mol. The van der Waals surface area contributed by atoms with E-state index in [1.165, 1.54) is 5.56 Å². The van der Waals surface area contributed by atoms with E-state index in [1.807, 2.05) is 24.0 Å². The molecule has 1 aliphatic rings. The van der Waals surface area contributed by atoms with Gasteiger partial charge in [-0.25, -0.2) is 0 Å². The third kappa shape index (κ3) is 6.02. The maximum atomic E-state index is 12.4. The lowest BCUT2D eigenvalue weighted by atomic mass is 10.1. The van der Waals surface area contributed by atoms with Crippen molar-refractivity contribution < 1.29 is 19.0 Å². The number of ether oxygens (including phenoxy) is 3. The van der Waals surface area contributed by atoms with Gasteiger partial charge in [0.25, 0.3) is 5.91 Å². The fourth-order valence-electron chi connectivity index (χ4n) is 3.27. The van der Waals surface area contributed by atoms with Crippen LogP contribution in [-0.4, -0.2) is 62.2 Å². The van der Waals surface area contributed by atoms with E-state index in [4.69, 9.17) is 25.8 Å². The summed E-state index contributed by atoms with van der Waals surface area (Å²) in [6.45, 7) is 6.43. The van der Waals surface area contributed by atoms with Crippen LogP contribution in [0.4, 0.5) is 0 Å². The maximum Gasteiger partial charge on any atom is 0.260 e. The van der Waals surface area contributed by atoms with Gasteiger partial charge >= 0.3 is 0 Å². The van der Waals surface area contributed by atoms with Crippen LogP contribution in [0.5, 0.6) is 17.2 Å². The van der Waals surface area contributed by atoms with Gasteiger partial charge in [-0.05, 0) is 48.9 Å². The molecule has 0 radical (unpaired) electrons. The lowest BCUT2D eigenvalue weighted by Gasteiger charge is -2.34. The first-order valence-corrected chi connectivity index (χ1v) is 10.1. The topological polar surface area (TPSA) is 51.2 Å². The molecule has 1 aliphatic heterocycles. The second kappa shape index (κ2) is 10.4. The van der Waals surface area contributed by atoms with Crippen molar-refractivity contribution in [2.24, 2.45) is 0 Å². The summed E-state index contributed by atoms with van der Waals surface area (Å²) in [7, 11) is 1.64. The summed E-state index contributed by atoms with van der Waals surface area (Å²) >= 11 is 5.86. The molecule has 0 atom stereocenters. The number of amides is 1. The zero-order valence-corrected chi connectivity index (χ0v) is 17.7. The number of benzene rings is 2. The summed E-state index contributed by atoms with van der Waals surface area (Å²) in [5.74, 6) is 2.15. The third-order valence-electron chi connectivity index (χ3n) is 4.84. The van der Waals surface area contributed by atoms with E-state index in [2.05, 4.69) is 11.0 Å². The highest BCUT2D eigenvalue weighted by atomic mass is 35.5. The van der Waals surface area contributed by atoms with Gasteiger partial charge in [-0.3, -0.25) is 9.69 Å². The van der Waals surface area contributed by atoms with E-state index in [1.54, 1.807) is 31.4 Å². The van der Waals surface area contributed by atoms with Crippen LogP contribution in [-0.2, 0) is 11.3 Å². The van der Waals surface area contributed by atoms with Gasteiger partial charge in [0, 0.05) is 37.7 Å². The molecular weight excluding hydrogens is 392 g/mol. The number of hydrogen-bond acceptors (Lipinski definition) is 5. The molecule has 1 fully saturated rings. The second-order valence-electron chi connectivity index (χ2n) is 6.82. The predicted molar refractivity (Wildman–Crippen MR) is 113 cm³/mol. The highest BCUT2D eigenvalue weighted by Crippen LogP contribution is 2.28. The van der Waals surface area contributed by atoms with Crippen molar-refractivity contribution in [2.75, 3.05) is 46.5 Å². The summed E-state index contributed by atoms with van der Waals surface area (Å²) in [5.41, 5.74) is 1.17. The number of halogens is 1. The van der Waals surface area contributed by atoms with Crippen molar-refractivity contribution in [3.8, 4) is 17.2 Å². The Bertz CT molecular complexity index is 805. The quantitative estimate of drug-likeness (QED) is 0.657. The van der Waals surface area contributed by atoms with E-state index in [-0.39, 0.29) is 12.5 Å². The molecule has 0 spiro atoms.